The van der Waals surface area contributed by atoms with E-state index in [0.29, 0.717) is 13.0 Å². The Morgan fingerprint density at radius 2 is 1.84 bits per heavy atom. The maximum absolute atomic E-state index is 12.4. The minimum absolute atomic E-state index is 0.155. The number of urea groups is 1. The highest BCUT2D eigenvalue weighted by atomic mass is 19.4. The summed E-state index contributed by atoms with van der Waals surface area (Å²) >= 11 is 0. The maximum atomic E-state index is 12.4. The Morgan fingerprint density at radius 3 is 2.44 bits per heavy atom. The molecule has 0 spiro atoms. The third kappa shape index (κ3) is 6.02. The largest absolute Gasteiger partial charge is 0.497 e. The van der Waals surface area contributed by atoms with Crippen molar-refractivity contribution in [3.63, 3.8) is 0 Å². The van der Waals surface area contributed by atoms with Crippen LogP contribution in [0, 0.1) is 0 Å². The highest BCUT2D eigenvalue weighted by Crippen LogP contribution is 2.27. The number of alkyl halides is 3. The van der Waals surface area contributed by atoms with Crippen LogP contribution in [0.5, 0.6) is 5.75 Å². The molecule has 6 nitrogen and oxygen atoms in total. The maximum Gasteiger partial charge on any atom is 0.435 e. The van der Waals surface area contributed by atoms with Gasteiger partial charge < -0.3 is 15.4 Å². The number of methoxy groups -OCH3 is 1. The number of carbonyl (C=O) groups excluding carboxylic acids is 1. The van der Waals surface area contributed by atoms with Crippen molar-refractivity contribution in [2.75, 3.05) is 20.2 Å². The smallest absolute Gasteiger partial charge is 0.435 e. The van der Waals surface area contributed by atoms with Crippen LogP contribution in [0.2, 0.25) is 0 Å². The molecule has 0 aliphatic heterocycles. The van der Waals surface area contributed by atoms with Gasteiger partial charge in [0, 0.05) is 19.3 Å². The van der Waals surface area contributed by atoms with E-state index in [1.165, 1.54) is 6.20 Å². The molecule has 2 aromatic rings. The standard InChI is InChI=1S/C16H19F3N4O2/c1-25-13-4-2-12(3-5-13)6-8-20-15(24)21-9-11-23-10-7-14(22-23)16(17,18)19/h2-5,7,10H,6,8-9,11H2,1H3,(H2,20,21,24). The minimum Gasteiger partial charge on any atom is -0.497 e. The van der Waals surface area contributed by atoms with E-state index in [1.807, 2.05) is 24.3 Å². The molecule has 0 bridgehead atoms. The summed E-state index contributed by atoms with van der Waals surface area (Å²) < 4.78 is 43.4. The van der Waals surface area contributed by atoms with Crippen LogP contribution in [0.1, 0.15) is 11.3 Å². The number of amides is 2. The molecule has 0 aliphatic carbocycles. The van der Waals surface area contributed by atoms with Crippen LogP contribution in [-0.2, 0) is 19.1 Å². The molecule has 0 radical (unpaired) electrons. The van der Waals surface area contributed by atoms with Gasteiger partial charge in [-0.3, -0.25) is 4.68 Å². The second-order valence-electron chi connectivity index (χ2n) is 5.24. The summed E-state index contributed by atoms with van der Waals surface area (Å²) in [7, 11) is 1.59. The lowest BCUT2D eigenvalue weighted by Gasteiger charge is -2.08. The lowest BCUT2D eigenvalue weighted by Crippen LogP contribution is -2.38. The van der Waals surface area contributed by atoms with Gasteiger partial charge in [0.05, 0.1) is 13.7 Å². The Balaban J connectivity index is 1.64. The van der Waals surface area contributed by atoms with E-state index in [-0.39, 0.29) is 19.1 Å². The highest BCUT2D eigenvalue weighted by Gasteiger charge is 2.33. The van der Waals surface area contributed by atoms with Gasteiger partial charge in [-0.05, 0) is 30.2 Å². The first-order chi connectivity index (χ1) is 11.9. The molecule has 0 aliphatic rings. The summed E-state index contributed by atoms with van der Waals surface area (Å²) in [6.07, 6.45) is -2.57. The van der Waals surface area contributed by atoms with E-state index in [9.17, 15) is 18.0 Å². The Kier molecular flexibility index (Phi) is 6.26. The number of aromatic nitrogens is 2. The topological polar surface area (TPSA) is 68.2 Å². The van der Waals surface area contributed by atoms with Crippen molar-refractivity contribution in [2.45, 2.75) is 19.1 Å². The molecule has 2 N–H and O–H groups in total. The third-order valence-electron chi connectivity index (χ3n) is 3.42. The number of carbonyl (C=O) groups is 1. The lowest BCUT2D eigenvalue weighted by atomic mass is 10.1. The summed E-state index contributed by atoms with van der Waals surface area (Å²) in [5, 5.41) is 8.66. The molecule has 136 valence electrons. The lowest BCUT2D eigenvalue weighted by molar-refractivity contribution is -0.141. The van der Waals surface area contributed by atoms with Crippen LogP contribution in [0.3, 0.4) is 0 Å². The number of halogens is 3. The fourth-order valence-electron chi connectivity index (χ4n) is 2.10. The average Bonchev–Trinajstić information content (AvgIpc) is 3.05. The van der Waals surface area contributed by atoms with Gasteiger partial charge >= 0.3 is 12.2 Å². The number of benzene rings is 1. The Labute approximate surface area is 143 Å². The normalized spacial score (nSPS) is 11.2. The van der Waals surface area contributed by atoms with Crippen LogP contribution in [0.4, 0.5) is 18.0 Å². The van der Waals surface area contributed by atoms with Crippen LogP contribution in [0.25, 0.3) is 0 Å². The minimum atomic E-state index is -4.46. The van der Waals surface area contributed by atoms with Crippen molar-refractivity contribution in [2.24, 2.45) is 0 Å². The van der Waals surface area contributed by atoms with Crippen molar-refractivity contribution in [3.8, 4) is 5.75 Å². The predicted octanol–water partition coefficient (Wildman–Crippen LogP) is 2.45. The number of nitrogens with zero attached hydrogens (tertiary/aromatic N) is 2. The molecule has 1 heterocycles. The van der Waals surface area contributed by atoms with Crippen molar-refractivity contribution < 1.29 is 22.7 Å². The van der Waals surface area contributed by atoms with Gasteiger partial charge in [0.25, 0.3) is 0 Å². The molecular weight excluding hydrogens is 337 g/mol. The second-order valence-corrected chi connectivity index (χ2v) is 5.24. The quantitative estimate of drug-likeness (QED) is 0.801. The Hall–Kier alpha value is -2.71. The SMILES string of the molecule is COc1ccc(CCNC(=O)NCCn2ccc(C(F)(F)F)n2)cc1. The first kappa shape index (κ1) is 18.6. The van der Waals surface area contributed by atoms with E-state index in [1.54, 1.807) is 7.11 Å². The molecule has 1 aromatic heterocycles. The van der Waals surface area contributed by atoms with E-state index in [4.69, 9.17) is 4.74 Å². The third-order valence-corrected chi connectivity index (χ3v) is 3.42. The molecule has 25 heavy (non-hydrogen) atoms. The summed E-state index contributed by atoms with van der Waals surface area (Å²) in [6.45, 7) is 0.771. The van der Waals surface area contributed by atoms with Crippen LogP contribution >= 0.6 is 0 Å². The predicted molar refractivity (Wildman–Crippen MR) is 85.3 cm³/mol. The monoisotopic (exact) mass is 356 g/mol. The van der Waals surface area contributed by atoms with Crippen LogP contribution < -0.4 is 15.4 Å². The second kappa shape index (κ2) is 8.41. The van der Waals surface area contributed by atoms with Crippen molar-refractivity contribution in [3.05, 3.63) is 47.8 Å². The van der Waals surface area contributed by atoms with Crippen LogP contribution in [0.15, 0.2) is 36.5 Å². The Morgan fingerprint density at radius 1 is 1.16 bits per heavy atom. The van der Waals surface area contributed by atoms with E-state index in [2.05, 4.69) is 15.7 Å². The highest BCUT2D eigenvalue weighted by molar-refractivity contribution is 5.73. The van der Waals surface area contributed by atoms with Gasteiger partial charge in [0.15, 0.2) is 5.69 Å². The zero-order valence-corrected chi connectivity index (χ0v) is 13.6. The first-order valence-electron chi connectivity index (χ1n) is 7.64. The number of rotatable bonds is 7. The van der Waals surface area contributed by atoms with Crippen molar-refractivity contribution in [1.29, 1.82) is 0 Å². The van der Waals surface area contributed by atoms with Gasteiger partial charge in [0.2, 0.25) is 0 Å². The first-order valence-corrected chi connectivity index (χ1v) is 7.64. The van der Waals surface area contributed by atoms with Gasteiger partial charge in [-0.25, -0.2) is 4.79 Å². The number of hydrogen-bond acceptors (Lipinski definition) is 3. The van der Waals surface area contributed by atoms with Gasteiger partial charge in [-0.2, -0.15) is 18.3 Å². The van der Waals surface area contributed by atoms with E-state index < -0.39 is 11.9 Å². The summed E-state index contributed by atoms with van der Waals surface area (Å²) in [4.78, 5) is 11.6. The van der Waals surface area contributed by atoms with Crippen molar-refractivity contribution in [1.82, 2.24) is 20.4 Å². The number of nitrogens with one attached hydrogen (secondary N) is 2. The number of hydrogen-bond donors (Lipinski definition) is 2. The Bertz CT molecular complexity index is 683. The molecule has 0 fully saturated rings. The molecule has 1 aromatic carbocycles. The average molecular weight is 356 g/mol. The van der Waals surface area contributed by atoms with Crippen LogP contribution in [-0.4, -0.2) is 36.0 Å². The molecule has 9 heteroatoms. The molecule has 0 unspecified atom stereocenters. The molecule has 0 saturated carbocycles. The molecule has 2 amide bonds. The van der Waals surface area contributed by atoms with Crippen molar-refractivity contribution >= 4 is 6.03 Å². The fraction of sp³-hybridized carbons (Fsp3) is 0.375. The summed E-state index contributed by atoms with van der Waals surface area (Å²) in [5.41, 5.74) is 0.105. The number of ether oxygens (including phenoxy) is 1. The summed E-state index contributed by atoms with van der Waals surface area (Å²) in [5.74, 6) is 0.766. The zero-order valence-electron chi connectivity index (χ0n) is 13.6. The zero-order chi connectivity index (χ0) is 18.3. The summed E-state index contributed by atoms with van der Waals surface area (Å²) in [6, 6.07) is 8.03. The molecular formula is C16H19F3N4O2. The fourth-order valence-corrected chi connectivity index (χ4v) is 2.10. The van der Waals surface area contributed by atoms with Gasteiger partial charge in [-0.15, -0.1) is 0 Å². The van der Waals surface area contributed by atoms with E-state index >= 15 is 0 Å². The van der Waals surface area contributed by atoms with Gasteiger partial charge in [-0.1, -0.05) is 12.1 Å². The van der Waals surface area contributed by atoms with E-state index in [0.717, 1.165) is 22.1 Å². The molecule has 0 atom stereocenters. The molecule has 2 rings (SSSR count). The molecule has 0 saturated heterocycles. The van der Waals surface area contributed by atoms with Gasteiger partial charge in [0.1, 0.15) is 5.75 Å².